The quantitative estimate of drug-likeness (QED) is 0.514. The van der Waals surface area contributed by atoms with E-state index >= 15 is 0 Å². The monoisotopic (exact) mass is 443 g/mol. The van der Waals surface area contributed by atoms with Gasteiger partial charge in [0.15, 0.2) is 11.5 Å². The molecule has 0 aliphatic heterocycles. The van der Waals surface area contributed by atoms with Gasteiger partial charge in [-0.2, -0.15) is 0 Å². The van der Waals surface area contributed by atoms with Crippen molar-refractivity contribution in [1.82, 2.24) is 5.32 Å². The van der Waals surface area contributed by atoms with Crippen molar-refractivity contribution in [2.45, 2.75) is 58.2 Å². The highest BCUT2D eigenvalue weighted by Gasteiger charge is 2.47. The highest BCUT2D eigenvalue weighted by atomic mass is 35.5. The zero-order chi connectivity index (χ0) is 21.4. The van der Waals surface area contributed by atoms with Crippen LogP contribution in [0.25, 0.3) is 0 Å². The maximum atomic E-state index is 13.3. The Morgan fingerprint density at radius 1 is 0.935 bits per heavy atom. The lowest BCUT2D eigenvalue weighted by atomic mass is 9.54. The van der Waals surface area contributed by atoms with Gasteiger partial charge in [-0.25, -0.2) is 4.39 Å². The average molecular weight is 444 g/mol. The summed E-state index contributed by atoms with van der Waals surface area (Å²) in [6.45, 7) is 3.67. The molecule has 0 radical (unpaired) electrons. The van der Waals surface area contributed by atoms with Crippen LogP contribution in [0.15, 0.2) is 36.4 Å². The standard InChI is InChI=1S/C26H31ClFNO2/c1-2-30-25-12-16(3-6-24(25)31-15-19-4-5-22(28)13-23(19)27)14-29-26-20-8-17-7-18(10-20)11-21(26)9-17/h3-6,12-13,17-18,20-21,26,29H,2,7-11,14-15H2,1H3. The van der Waals surface area contributed by atoms with E-state index in [0.717, 1.165) is 41.5 Å². The lowest BCUT2D eigenvalue weighted by molar-refractivity contribution is -0.0142. The van der Waals surface area contributed by atoms with Crippen LogP contribution in [-0.2, 0) is 13.2 Å². The molecule has 4 aliphatic rings. The maximum Gasteiger partial charge on any atom is 0.161 e. The summed E-state index contributed by atoms with van der Waals surface area (Å²) in [5.41, 5.74) is 1.96. The second-order valence-corrected chi connectivity index (χ2v) is 9.98. The van der Waals surface area contributed by atoms with E-state index in [1.807, 2.05) is 13.0 Å². The Morgan fingerprint density at radius 2 is 1.68 bits per heavy atom. The normalized spacial score (nSPS) is 28.7. The molecule has 3 nitrogen and oxygen atoms in total. The summed E-state index contributed by atoms with van der Waals surface area (Å²) in [5, 5.41) is 4.26. The number of nitrogens with one attached hydrogen (secondary N) is 1. The van der Waals surface area contributed by atoms with Crippen molar-refractivity contribution in [3.63, 3.8) is 0 Å². The number of benzene rings is 2. The van der Waals surface area contributed by atoms with Crippen molar-refractivity contribution in [3.05, 3.63) is 58.4 Å². The van der Waals surface area contributed by atoms with Crippen molar-refractivity contribution in [2.24, 2.45) is 23.7 Å². The molecule has 1 N–H and O–H groups in total. The van der Waals surface area contributed by atoms with Crippen molar-refractivity contribution >= 4 is 11.6 Å². The lowest BCUT2D eigenvalue weighted by Crippen LogP contribution is -2.54. The molecule has 6 rings (SSSR count). The van der Waals surface area contributed by atoms with Crippen LogP contribution in [0, 0.1) is 29.5 Å². The molecular weight excluding hydrogens is 413 g/mol. The van der Waals surface area contributed by atoms with E-state index in [1.165, 1.54) is 49.8 Å². The van der Waals surface area contributed by atoms with E-state index in [1.54, 1.807) is 6.07 Å². The van der Waals surface area contributed by atoms with Crippen LogP contribution in [0.4, 0.5) is 4.39 Å². The van der Waals surface area contributed by atoms with Crippen molar-refractivity contribution in [3.8, 4) is 11.5 Å². The molecule has 0 heterocycles. The summed E-state index contributed by atoms with van der Waals surface area (Å²) in [4.78, 5) is 0. The van der Waals surface area contributed by atoms with Gasteiger partial charge in [0.1, 0.15) is 12.4 Å². The number of hydrogen-bond donors (Lipinski definition) is 1. The summed E-state index contributed by atoms with van der Waals surface area (Å²) < 4.78 is 25.1. The SMILES string of the molecule is CCOc1cc(CNC2C3CC4CC(C3)CC2C4)ccc1OCc1ccc(F)cc1Cl. The van der Waals surface area contributed by atoms with Crippen LogP contribution < -0.4 is 14.8 Å². The molecule has 0 aromatic heterocycles. The fourth-order valence-corrected chi connectivity index (χ4v) is 6.56. The minimum Gasteiger partial charge on any atom is -0.490 e. The lowest BCUT2D eigenvalue weighted by Gasteiger charge is -2.54. The minimum atomic E-state index is -0.347. The van der Waals surface area contributed by atoms with E-state index in [2.05, 4.69) is 17.4 Å². The zero-order valence-corrected chi connectivity index (χ0v) is 18.8. The predicted octanol–water partition coefficient (Wildman–Crippen LogP) is 6.37. The summed E-state index contributed by atoms with van der Waals surface area (Å²) >= 11 is 6.13. The molecule has 4 saturated carbocycles. The molecule has 2 aromatic carbocycles. The number of rotatable bonds is 8. The molecule has 5 heteroatoms. The Kier molecular flexibility index (Phi) is 6.12. The molecule has 0 spiro atoms. The molecule has 166 valence electrons. The number of hydrogen-bond acceptors (Lipinski definition) is 3. The van der Waals surface area contributed by atoms with Gasteiger partial charge < -0.3 is 14.8 Å². The van der Waals surface area contributed by atoms with Gasteiger partial charge in [0, 0.05) is 18.2 Å². The van der Waals surface area contributed by atoms with Crippen molar-refractivity contribution < 1.29 is 13.9 Å². The topological polar surface area (TPSA) is 30.5 Å². The number of ether oxygens (including phenoxy) is 2. The fraction of sp³-hybridized carbons (Fsp3) is 0.538. The van der Waals surface area contributed by atoms with E-state index in [0.29, 0.717) is 23.4 Å². The Bertz CT molecular complexity index is 906. The molecule has 4 bridgehead atoms. The molecular formula is C26H31ClFNO2. The van der Waals surface area contributed by atoms with Gasteiger partial charge in [-0.05, 0) is 92.5 Å². The maximum absolute atomic E-state index is 13.3. The first-order valence-electron chi connectivity index (χ1n) is 11.6. The van der Waals surface area contributed by atoms with Gasteiger partial charge >= 0.3 is 0 Å². The van der Waals surface area contributed by atoms with E-state index in [9.17, 15) is 4.39 Å². The molecule has 2 aromatic rings. The summed E-state index contributed by atoms with van der Waals surface area (Å²) in [6, 6.07) is 11.2. The highest BCUT2D eigenvalue weighted by Crippen LogP contribution is 2.53. The van der Waals surface area contributed by atoms with Crippen LogP contribution in [-0.4, -0.2) is 12.6 Å². The third-order valence-corrected chi connectivity index (χ3v) is 7.83. The minimum absolute atomic E-state index is 0.268. The third kappa shape index (κ3) is 4.56. The highest BCUT2D eigenvalue weighted by molar-refractivity contribution is 6.31. The Labute approximate surface area is 189 Å². The molecule has 0 amide bonds. The second-order valence-electron chi connectivity index (χ2n) is 9.58. The van der Waals surface area contributed by atoms with Crippen molar-refractivity contribution in [1.29, 1.82) is 0 Å². The van der Waals surface area contributed by atoms with Crippen LogP contribution in [0.5, 0.6) is 11.5 Å². The van der Waals surface area contributed by atoms with Crippen LogP contribution in [0.1, 0.15) is 50.2 Å². The Morgan fingerprint density at radius 3 is 2.35 bits per heavy atom. The van der Waals surface area contributed by atoms with Gasteiger partial charge in [-0.1, -0.05) is 23.7 Å². The van der Waals surface area contributed by atoms with Crippen LogP contribution >= 0.6 is 11.6 Å². The first-order valence-corrected chi connectivity index (χ1v) is 12.0. The zero-order valence-electron chi connectivity index (χ0n) is 18.1. The van der Waals surface area contributed by atoms with E-state index in [4.69, 9.17) is 21.1 Å². The molecule has 4 aliphatic carbocycles. The second kappa shape index (κ2) is 8.99. The van der Waals surface area contributed by atoms with Crippen molar-refractivity contribution in [2.75, 3.05) is 6.61 Å². The summed E-state index contributed by atoms with van der Waals surface area (Å²) in [7, 11) is 0. The average Bonchev–Trinajstić information content (AvgIpc) is 2.73. The smallest absolute Gasteiger partial charge is 0.161 e. The summed E-state index contributed by atoms with van der Waals surface area (Å²) in [6.07, 6.45) is 7.18. The predicted molar refractivity (Wildman–Crippen MR) is 121 cm³/mol. The first kappa shape index (κ1) is 21.1. The molecule has 31 heavy (non-hydrogen) atoms. The molecule has 4 fully saturated rings. The van der Waals surface area contributed by atoms with Gasteiger partial charge in [0.25, 0.3) is 0 Å². The molecule has 0 unspecified atom stereocenters. The van der Waals surface area contributed by atoms with Gasteiger partial charge in [0.05, 0.1) is 11.6 Å². The van der Waals surface area contributed by atoms with Gasteiger partial charge in [-0.3, -0.25) is 0 Å². The van der Waals surface area contributed by atoms with E-state index < -0.39 is 0 Å². The molecule has 0 atom stereocenters. The van der Waals surface area contributed by atoms with Gasteiger partial charge in [-0.15, -0.1) is 0 Å². The first-order chi connectivity index (χ1) is 15.1. The number of halogens is 2. The largest absolute Gasteiger partial charge is 0.490 e. The summed E-state index contributed by atoms with van der Waals surface area (Å²) in [5.74, 6) is 4.80. The van der Waals surface area contributed by atoms with Gasteiger partial charge in [0.2, 0.25) is 0 Å². The molecule has 0 saturated heterocycles. The third-order valence-electron chi connectivity index (χ3n) is 7.47. The van der Waals surface area contributed by atoms with Crippen LogP contribution in [0.3, 0.4) is 0 Å². The Hall–Kier alpha value is -1.78. The fourth-order valence-electron chi connectivity index (χ4n) is 6.34. The van der Waals surface area contributed by atoms with Crippen LogP contribution in [0.2, 0.25) is 5.02 Å². The Balaban J connectivity index is 1.23. The van der Waals surface area contributed by atoms with E-state index in [-0.39, 0.29) is 12.4 Å².